The average molecular weight is 258 g/mol. The summed E-state index contributed by atoms with van der Waals surface area (Å²) in [7, 11) is 0. The van der Waals surface area contributed by atoms with Gasteiger partial charge in [-0.25, -0.2) is 9.59 Å². The zero-order chi connectivity index (χ0) is 14.4. The molecule has 6 nitrogen and oxygen atoms in total. The second-order valence-electron chi connectivity index (χ2n) is 5.01. The largest absolute Gasteiger partial charge is 0.480 e. The van der Waals surface area contributed by atoms with Crippen LogP contribution in [-0.4, -0.2) is 34.6 Å². The van der Waals surface area contributed by atoms with Gasteiger partial charge in [-0.05, 0) is 33.6 Å². The van der Waals surface area contributed by atoms with Gasteiger partial charge in [0.1, 0.15) is 11.1 Å². The van der Waals surface area contributed by atoms with Gasteiger partial charge in [-0.3, -0.25) is 4.79 Å². The van der Waals surface area contributed by atoms with Crippen LogP contribution in [0.5, 0.6) is 0 Å². The third kappa shape index (κ3) is 5.16. The van der Waals surface area contributed by atoms with E-state index in [2.05, 4.69) is 5.32 Å². The van der Waals surface area contributed by atoms with Gasteiger partial charge in [0.15, 0.2) is 6.29 Å². The molecule has 0 unspecified atom stereocenters. The van der Waals surface area contributed by atoms with Crippen molar-refractivity contribution in [2.75, 3.05) is 0 Å². The Bertz CT molecular complexity index is 321. The van der Waals surface area contributed by atoms with E-state index in [9.17, 15) is 19.5 Å². The molecule has 0 aliphatic rings. The minimum Gasteiger partial charge on any atom is -0.480 e. The Kier molecular flexibility index (Phi) is 5.81. The van der Waals surface area contributed by atoms with E-state index in [4.69, 9.17) is 4.74 Å². The summed E-state index contributed by atoms with van der Waals surface area (Å²) in [5.41, 5.74) is -2.20. The minimum atomic E-state index is -1.49. The summed E-state index contributed by atoms with van der Waals surface area (Å²) in [4.78, 5) is 33.1. The fourth-order valence-corrected chi connectivity index (χ4v) is 1.40. The molecule has 103 valence electrons. The fourth-order valence-electron chi connectivity index (χ4n) is 1.40. The molecular weight excluding hydrogens is 238 g/mol. The minimum absolute atomic E-state index is 0.0123. The molecule has 0 bridgehead atoms. The third-order valence-electron chi connectivity index (χ3n) is 2.41. The molecule has 0 aromatic heterocycles. The van der Waals surface area contributed by atoms with Crippen LogP contribution >= 0.6 is 0 Å². The Hall–Kier alpha value is -1.59. The second-order valence-corrected chi connectivity index (χ2v) is 5.01. The van der Waals surface area contributed by atoms with Gasteiger partial charge in [0, 0.05) is 6.42 Å². The van der Waals surface area contributed by atoms with Gasteiger partial charge in [0.25, 0.3) is 0 Å². The number of hydrogen-bond acceptors (Lipinski definition) is 4. The topological polar surface area (TPSA) is 92.7 Å². The number of carboxylic acids is 1. The molecule has 0 fully saturated rings. The lowest BCUT2D eigenvalue weighted by Crippen LogP contribution is -2.55. The maximum atomic E-state index is 11.6. The van der Waals surface area contributed by atoms with Gasteiger partial charge in [-0.15, -0.1) is 0 Å². The van der Waals surface area contributed by atoms with Crippen LogP contribution in [0.25, 0.3) is 0 Å². The molecule has 0 rings (SSSR count). The number of ether oxygens (including phenoxy) is 1. The van der Waals surface area contributed by atoms with Crippen molar-refractivity contribution in [3.05, 3.63) is 0 Å². The van der Waals surface area contributed by atoms with Crippen molar-refractivity contribution in [2.24, 2.45) is 0 Å². The van der Waals surface area contributed by atoms with Crippen molar-refractivity contribution < 1.29 is 24.2 Å². The van der Waals surface area contributed by atoms with Gasteiger partial charge in [0.2, 0.25) is 0 Å². The van der Waals surface area contributed by atoms with Gasteiger partial charge < -0.3 is 15.2 Å². The quantitative estimate of drug-likeness (QED) is 0.755. The molecule has 0 saturated heterocycles. The first-order valence-corrected chi connectivity index (χ1v) is 5.76. The Labute approximate surface area is 107 Å². The lowest BCUT2D eigenvalue weighted by atomic mass is 9.91. The molecule has 0 aromatic carbocycles. The highest BCUT2D eigenvalue weighted by Gasteiger charge is 2.39. The van der Waals surface area contributed by atoms with Gasteiger partial charge in [-0.2, -0.15) is 0 Å². The molecule has 1 radical (unpaired) electrons. The van der Waals surface area contributed by atoms with E-state index >= 15 is 0 Å². The number of amides is 1. The standard InChI is InChI=1S/C12H20NO5/c1-5-12(9(15)16,7-6-8-14)13-10(17)18-11(2,3)4/h5-7H2,1-4H3,(H,13,17)(H,15,16)/t12-/m0/s1. The van der Waals surface area contributed by atoms with Gasteiger partial charge >= 0.3 is 12.1 Å². The van der Waals surface area contributed by atoms with Crippen LogP contribution in [0.3, 0.4) is 0 Å². The normalized spacial score (nSPS) is 14.4. The number of carbonyl (C=O) groups excluding carboxylic acids is 2. The van der Waals surface area contributed by atoms with E-state index in [1.165, 1.54) is 0 Å². The van der Waals surface area contributed by atoms with Crippen LogP contribution in [0.4, 0.5) is 4.79 Å². The summed E-state index contributed by atoms with van der Waals surface area (Å²) in [6.45, 7) is 6.66. The predicted octanol–water partition coefficient (Wildman–Crippen LogP) is 1.63. The van der Waals surface area contributed by atoms with Crippen LogP contribution in [0, 0.1) is 0 Å². The summed E-state index contributed by atoms with van der Waals surface area (Å²) in [6.07, 6.45) is 0.905. The van der Waals surface area contributed by atoms with E-state index in [1.807, 2.05) is 0 Å². The SMILES string of the molecule is CC[C@@](CC[C]=O)(NC(=O)OC(C)(C)C)C(=O)O. The monoisotopic (exact) mass is 258 g/mol. The van der Waals surface area contributed by atoms with Crippen LogP contribution in [-0.2, 0) is 14.3 Å². The first-order valence-electron chi connectivity index (χ1n) is 5.76. The molecule has 0 aliphatic heterocycles. The van der Waals surface area contributed by atoms with Gasteiger partial charge in [-0.1, -0.05) is 6.92 Å². The lowest BCUT2D eigenvalue weighted by molar-refractivity contribution is -0.145. The Morgan fingerprint density at radius 3 is 2.22 bits per heavy atom. The smallest absolute Gasteiger partial charge is 0.408 e. The Morgan fingerprint density at radius 2 is 1.89 bits per heavy atom. The lowest BCUT2D eigenvalue weighted by Gasteiger charge is -2.30. The number of aliphatic carboxylic acids is 1. The highest BCUT2D eigenvalue weighted by atomic mass is 16.6. The highest BCUT2D eigenvalue weighted by Crippen LogP contribution is 2.19. The maximum Gasteiger partial charge on any atom is 0.408 e. The van der Waals surface area contributed by atoms with Gasteiger partial charge in [0.05, 0.1) is 0 Å². The van der Waals surface area contributed by atoms with Crippen molar-refractivity contribution in [1.82, 2.24) is 5.32 Å². The first kappa shape index (κ1) is 16.4. The zero-order valence-electron chi connectivity index (χ0n) is 11.2. The Balaban J connectivity index is 4.83. The number of carbonyl (C=O) groups is 2. The van der Waals surface area contributed by atoms with E-state index in [1.54, 1.807) is 34.0 Å². The molecule has 0 heterocycles. The van der Waals surface area contributed by atoms with E-state index in [-0.39, 0.29) is 19.3 Å². The van der Waals surface area contributed by atoms with Crippen LogP contribution in [0.2, 0.25) is 0 Å². The predicted molar refractivity (Wildman–Crippen MR) is 65.0 cm³/mol. The molecular formula is C12H20NO5. The number of carboxylic acid groups (broad SMARTS) is 1. The van der Waals surface area contributed by atoms with Crippen molar-refractivity contribution in [3.63, 3.8) is 0 Å². The molecule has 0 spiro atoms. The summed E-state index contributed by atoms with van der Waals surface area (Å²) in [5, 5.41) is 11.5. The zero-order valence-corrected chi connectivity index (χ0v) is 11.2. The summed E-state index contributed by atoms with van der Waals surface area (Å²) in [6, 6.07) is 0. The van der Waals surface area contributed by atoms with Crippen LogP contribution in [0.15, 0.2) is 0 Å². The van der Waals surface area contributed by atoms with Crippen molar-refractivity contribution in [3.8, 4) is 0 Å². The van der Waals surface area contributed by atoms with Crippen molar-refractivity contribution in [2.45, 2.75) is 58.1 Å². The van der Waals surface area contributed by atoms with Crippen molar-refractivity contribution in [1.29, 1.82) is 0 Å². The number of alkyl carbamates (subject to hydrolysis) is 1. The number of hydrogen-bond donors (Lipinski definition) is 2. The molecule has 18 heavy (non-hydrogen) atoms. The molecule has 1 atom stereocenters. The average Bonchev–Trinajstić information content (AvgIpc) is 2.21. The third-order valence-corrected chi connectivity index (χ3v) is 2.41. The van der Waals surface area contributed by atoms with Crippen LogP contribution in [0.1, 0.15) is 47.0 Å². The summed E-state index contributed by atoms with van der Waals surface area (Å²) >= 11 is 0. The molecule has 2 N–H and O–H groups in total. The molecule has 0 saturated carbocycles. The van der Waals surface area contributed by atoms with Crippen molar-refractivity contribution >= 4 is 18.3 Å². The molecule has 0 aliphatic carbocycles. The highest BCUT2D eigenvalue weighted by molar-refractivity contribution is 5.84. The summed E-state index contributed by atoms with van der Waals surface area (Å²) < 4.78 is 5.01. The number of nitrogens with one attached hydrogen (secondary N) is 1. The Morgan fingerprint density at radius 1 is 1.33 bits per heavy atom. The molecule has 0 aromatic rings. The number of rotatable bonds is 6. The molecule has 6 heteroatoms. The van der Waals surface area contributed by atoms with E-state index < -0.39 is 23.2 Å². The molecule has 1 amide bonds. The maximum absolute atomic E-state index is 11.6. The fraction of sp³-hybridized carbons (Fsp3) is 0.750. The second kappa shape index (κ2) is 6.37. The first-order chi connectivity index (χ1) is 8.17. The van der Waals surface area contributed by atoms with Crippen LogP contribution < -0.4 is 5.32 Å². The van der Waals surface area contributed by atoms with E-state index in [0.717, 1.165) is 0 Å². The van der Waals surface area contributed by atoms with E-state index in [0.29, 0.717) is 0 Å². The summed E-state index contributed by atoms with van der Waals surface area (Å²) in [5.74, 6) is -1.19.